The first-order valence-electron chi connectivity index (χ1n) is 50.2. The van der Waals surface area contributed by atoms with Gasteiger partial charge in [0.15, 0.2) is 23.1 Å². The molecule has 19 rings (SSSR count). The Kier molecular flexibility index (Phi) is 36.9. The zero-order valence-corrected chi connectivity index (χ0v) is 91.4. The van der Waals surface area contributed by atoms with Gasteiger partial charge in [0.25, 0.3) is 0 Å². The minimum absolute atomic E-state index is 0.00484. The van der Waals surface area contributed by atoms with Crippen molar-refractivity contribution in [2.75, 3.05) is 139 Å². The first kappa shape index (κ1) is 115. The van der Waals surface area contributed by atoms with Crippen LogP contribution in [0.1, 0.15) is 153 Å². The summed E-state index contributed by atoms with van der Waals surface area (Å²) in [6.45, 7) is 27.3. The number of piperidine rings is 6. The number of pyridine rings is 3. The molecule has 1 unspecified atom stereocenters. The number of nitrogens with zero attached hydrogens (tertiary/aromatic N) is 15. The number of Topliss-reactive ketones (excluding diaryl/α,β-unsaturated/α-hetero) is 4. The monoisotopic (exact) mass is 2210 g/mol. The Labute approximate surface area is 898 Å². The molecule has 4 spiro atoms. The van der Waals surface area contributed by atoms with E-state index < -0.39 is 69.2 Å². The van der Waals surface area contributed by atoms with Crippen molar-refractivity contribution < 1.29 is 101 Å². The Morgan fingerprint density at radius 3 is 1.15 bits per heavy atom. The van der Waals surface area contributed by atoms with Crippen molar-refractivity contribution >= 4 is 202 Å². The van der Waals surface area contributed by atoms with E-state index in [1.54, 1.807) is 92.2 Å². The minimum atomic E-state index is -1.41. The highest BCUT2D eigenvalue weighted by Crippen LogP contribution is 2.48. The molecule has 46 heteroatoms. The fourth-order valence-electron chi connectivity index (χ4n) is 20.3. The van der Waals surface area contributed by atoms with Crippen LogP contribution in [0.5, 0.6) is 0 Å². The molecule has 0 radical (unpaired) electrons. The Morgan fingerprint density at radius 2 is 0.800 bits per heavy atom. The number of aliphatic hydroxyl groups is 1. The highest BCUT2D eigenvalue weighted by molar-refractivity contribution is 9.10. The van der Waals surface area contributed by atoms with Crippen molar-refractivity contribution in [1.82, 2.24) is 80.3 Å². The number of carbonyl (C=O) groups is 13. The predicted octanol–water partition coefficient (Wildman–Crippen LogP) is 11.3. The van der Waals surface area contributed by atoms with Crippen LogP contribution < -0.4 is 41.4 Å². The summed E-state index contributed by atoms with van der Waals surface area (Å²) < 4.78 is 32.1. The molecule has 806 valence electrons. The van der Waals surface area contributed by atoms with Gasteiger partial charge in [-0.05, 0) is 216 Å². The first-order chi connectivity index (χ1) is 70.9. The van der Waals surface area contributed by atoms with Gasteiger partial charge in [0.05, 0.1) is 128 Å². The van der Waals surface area contributed by atoms with E-state index in [0.29, 0.717) is 163 Å². The van der Waals surface area contributed by atoms with E-state index >= 15 is 0 Å². The maximum absolute atomic E-state index is 12.4. The smallest absolute Gasteiger partial charge is 0.466 e. The molecule has 10 aliphatic rings. The molecule has 10 fully saturated rings. The lowest BCUT2D eigenvalue weighted by Crippen LogP contribution is -2.52. The van der Waals surface area contributed by atoms with Crippen molar-refractivity contribution in [3.8, 4) is 22.3 Å². The number of aryl methyl sites for hydroxylation is 3. The Balaban J connectivity index is 0.000000148. The Bertz CT molecular complexity index is 6440. The number of benzene rings is 3. The summed E-state index contributed by atoms with van der Waals surface area (Å²) in [5.74, 6) is -1.90. The van der Waals surface area contributed by atoms with Crippen LogP contribution in [0.3, 0.4) is 0 Å². The van der Waals surface area contributed by atoms with Gasteiger partial charge in [0, 0.05) is 171 Å². The molecule has 7 N–H and O–H groups in total. The largest absolute Gasteiger partial charge is 0.488 e. The zero-order chi connectivity index (χ0) is 109. The average Bonchev–Trinajstić information content (AvgIpc) is 1.56. The maximum atomic E-state index is 12.4. The third kappa shape index (κ3) is 25.9. The van der Waals surface area contributed by atoms with Crippen molar-refractivity contribution in [2.45, 2.75) is 176 Å². The second-order valence-electron chi connectivity index (χ2n) is 41.7. The summed E-state index contributed by atoms with van der Waals surface area (Å²) in [5.41, 5.74) is 4.08. The SMILES string of the molecule is CC(C)(C)OC(=O)N1CCC2(CC1)C(=O)CNC2=O.CCOC(=O)C1(C(=O)CCl)CCN(C(=O)OC(C)(C)C)CC1.CCOC(=O)C1CCN(C(=O)OC(C)(C)C)CC1.Cn1ncc2cc(-c3cncc(Cl)c3N3CCC4(CC3)C(=O)CNC4=O)ccc21.Cn1ncc2cc(-c3cncc(Cl)c3N3CCC4(CC3)C(=O)NCC4O)ccc21.Cn1ncc2cc(B(O)O)ccc21.O=C1CNC(=O)C12CCN(c1c(Cl)cncc1Br)CC2. The van der Waals surface area contributed by atoms with E-state index in [1.807, 2.05) is 121 Å². The molecule has 10 saturated heterocycles. The van der Waals surface area contributed by atoms with Crippen LogP contribution in [0.2, 0.25) is 15.1 Å². The van der Waals surface area contributed by atoms with Gasteiger partial charge in [0.1, 0.15) is 38.5 Å². The van der Waals surface area contributed by atoms with Gasteiger partial charge >= 0.3 is 37.3 Å². The van der Waals surface area contributed by atoms with E-state index in [-0.39, 0.29) is 129 Å². The van der Waals surface area contributed by atoms with Gasteiger partial charge in [-0.1, -0.05) is 59.1 Å². The van der Waals surface area contributed by atoms with Gasteiger partial charge in [-0.25, -0.2) is 14.4 Å². The summed E-state index contributed by atoms with van der Waals surface area (Å²) >= 11 is 28.5. The standard InChI is InChI=1S/C21H22ClN5O2.C21H20ClN5O2.C15H24ClNO5.C13H13BrClN3O2.C13H20N2O4.C13H23NO4.C8H9BN2O2/c2*1-26-17-3-2-13(8-14(17)9-25-26)15-10-23-11-16(22)19(15)27-6-4-21(5-7-27)18(28)12-24-20(21)29;1-5-21-12(19)15(11(18)10-16)6-8-17(9-7-15)13(20)22-14(2,3)4;14-8-5-16-6-9(15)11(8)18-3-1-13(2-4-18)10(19)7-17-12(13)20;1-12(2,3)19-11(18)15-6-4-13(5-7-15)9(16)8-14-10(13)17;1-5-17-11(15)10-6-8-14(9-7-10)12(16)18-13(2,3)4;1-11-8-3-2-7(9(12)13)4-6(8)5-10-11/h2-3,8-11,18,28H,4-7,12H2,1H3,(H,24,29);2-3,8-11H,4-7,12H2,1H3,(H,24,29);5-10H2,1-4H3;5-6H,1-4,7H2,(H,17,20);4-8H2,1-3H3,(H,14,17);10H,5-9H2,1-4H3;2-5,12-13H,1H3. The highest BCUT2D eigenvalue weighted by Gasteiger charge is 2.57. The number of nitrogens with one attached hydrogen (secondary N) is 4. The van der Waals surface area contributed by atoms with Gasteiger partial charge in [-0.2, -0.15) is 15.3 Å². The second kappa shape index (κ2) is 48.2. The molecule has 40 nitrogen and oxygen atoms in total. The molecule has 16 heterocycles. The quantitative estimate of drug-likeness (QED) is 0.0196. The molecule has 0 aliphatic carbocycles. The number of aliphatic hydroxyl groups excluding tert-OH is 1. The lowest BCUT2D eigenvalue weighted by Gasteiger charge is -2.41. The van der Waals surface area contributed by atoms with Crippen molar-refractivity contribution in [3.63, 3.8) is 0 Å². The number of hydrogen-bond donors (Lipinski definition) is 7. The summed E-state index contributed by atoms with van der Waals surface area (Å²) in [4.78, 5) is 180. The van der Waals surface area contributed by atoms with Crippen LogP contribution in [-0.2, 0) is 92.8 Å². The number of hydrogen-bond acceptors (Lipinski definition) is 30. The predicted molar refractivity (Wildman–Crippen MR) is 569 cm³/mol. The van der Waals surface area contributed by atoms with Gasteiger partial charge in [-0.15, -0.1) is 11.6 Å². The van der Waals surface area contributed by atoms with Crippen LogP contribution in [0.25, 0.3) is 55.0 Å². The molecule has 6 aromatic heterocycles. The third-order valence-electron chi connectivity index (χ3n) is 28.9. The van der Waals surface area contributed by atoms with E-state index in [9.17, 15) is 67.4 Å². The van der Waals surface area contributed by atoms with E-state index in [0.717, 1.165) is 76.5 Å². The zero-order valence-electron chi connectivity index (χ0n) is 86.8. The molecule has 9 aromatic rings. The number of anilines is 3. The van der Waals surface area contributed by atoms with Crippen molar-refractivity contribution in [2.24, 2.45) is 54.1 Å². The van der Waals surface area contributed by atoms with Crippen molar-refractivity contribution in [1.29, 1.82) is 0 Å². The number of ether oxygens (including phenoxy) is 5. The molecule has 1 atom stereocenters. The summed E-state index contributed by atoms with van der Waals surface area (Å²) in [5, 5.41) is 56.4. The normalized spacial score (nSPS) is 19.0. The topological polar surface area (TPSA) is 488 Å². The number of halogens is 5. The summed E-state index contributed by atoms with van der Waals surface area (Å²) in [6.07, 6.45) is 19.6. The van der Waals surface area contributed by atoms with Crippen LogP contribution in [0.15, 0.2) is 115 Å². The summed E-state index contributed by atoms with van der Waals surface area (Å²) in [7, 11) is 4.27. The third-order valence-corrected chi connectivity index (χ3v) is 30.6. The second-order valence-corrected chi connectivity index (χ2v) is 44.1. The summed E-state index contributed by atoms with van der Waals surface area (Å²) in [6, 6.07) is 17.6. The lowest BCUT2D eigenvalue weighted by atomic mass is 9.75. The molecule has 0 bridgehead atoms. The average molecular weight is 2220 g/mol. The molecular weight excluding hydrogens is 2080 g/mol. The van der Waals surface area contributed by atoms with Crippen LogP contribution in [0.4, 0.5) is 31.4 Å². The number of alkyl halides is 1. The molecule has 7 amide bonds. The van der Waals surface area contributed by atoms with Gasteiger partial charge in [-0.3, -0.25) is 76.9 Å². The number of amides is 7. The number of aromatic nitrogens is 9. The number of ketones is 4. The van der Waals surface area contributed by atoms with Gasteiger partial charge < -0.3 is 89.5 Å². The number of β-amino-alcohol motifs (C(OH)–C–C–N with tert-alkyl or cyclic N) is 1. The fraction of sp³-hybridized carbons (Fsp3) is 0.529. The maximum Gasteiger partial charge on any atom is 0.488 e. The number of fused-ring (bicyclic) bond motifs is 3. The fourth-order valence-corrected chi connectivity index (χ4v) is 22.1. The number of rotatable bonds is 12. The first-order valence-corrected chi connectivity index (χ1v) is 52.6. The number of carbonyl (C=O) groups excluding carboxylic acids is 13. The van der Waals surface area contributed by atoms with Gasteiger partial charge in [0.2, 0.25) is 23.6 Å². The number of esters is 2. The Hall–Kier alpha value is -12.2. The van der Waals surface area contributed by atoms with E-state index in [2.05, 4.69) is 100 Å². The lowest BCUT2D eigenvalue weighted by molar-refractivity contribution is -0.163. The van der Waals surface area contributed by atoms with Crippen LogP contribution in [-0.4, -0.2) is 305 Å². The molecular formula is C104H131BBrCl4N19O21. The minimum Gasteiger partial charge on any atom is -0.466 e. The molecule has 10 aliphatic heterocycles. The molecule has 150 heavy (non-hydrogen) atoms. The van der Waals surface area contributed by atoms with Crippen molar-refractivity contribution in [3.05, 3.63) is 130 Å². The van der Waals surface area contributed by atoms with E-state index in [1.165, 1.54) is 4.90 Å². The molecule has 3 aromatic carbocycles. The van der Waals surface area contributed by atoms with E-state index in [4.69, 9.17) is 80.1 Å². The Morgan fingerprint density at radius 1 is 0.447 bits per heavy atom. The van der Waals surface area contributed by atoms with Crippen LogP contribution >= 0.6 is 62.3 Å². The highest BCUT2D eigenvalue weighted by atomic mass is 79.9. The van der Waals surface area contributed by atoms with Crippen LogP contribution in [0, 0.1) is 33.0 Å². The number of likely N-dealkylation sites (tertiary alicyclic amines) is 3. The molecule has 0 saturated carbocycles.